The van der Waals surface area contributed by atoms with Crippen LogP contribution in [0, 0.1) is 6.92 Å². The van der Waals surface area contributed by atoms with Gasteiger partial charge < -0.3 is 20.2 Å². The van der Waals surface area contributed by atoms with Gasteiger partial charge in [0.25, 0.3) is 0 Å². The standard InChI is InChI=1S/C17H24N2O3/c1-11-13-7-5-6-8-14(13)21-15(11)9-12(10-18)19-16(20)22-17(2,3)4/h5-8,12H,9-10,18H2,1-4H3,(H,19,20). The third-order valence-electron chi connectivity index (χ3n) is 3.38. The van der Waals surface area contributed by atoms with Gasteiger partial charge in [0.15, 0.2) is 0 Å². The summed E-state index contributed by atoms with van der Waals surface area (Å²) in [6, 6.07) is 7.65. The van der Waals surface area contributed by atoms with Crippen molar-refractivity contribution >= 4 is 17.1 Å². The summed E-state index contributed by atoms with van der Waals surface area (Å²) in [5.41, 5.74) is 7.17. The Hall–Kier alpha value is -2.01. The van der Waals surface area contributed by atoms with Gasteiger partial charge in [-0.05, 0) is 39.3 Å². The zero-order valence-corrected chi connectivity index (χ0v) is 13.6. The molecule has 5 heteroatoms. The third-order valence-corrected chi connectivity index (χ3v) is 3.38. The summed E-state index contributed by atoms with van der Waals surface area (Å²) in [5.74, 6) is 0.840. The van der Waals surface area contributed by atoms with Crippen molar-refractivity contribution in [3.63, 3.8) is 0 Å². The second kappa shape index (κ2) is 6.40. The van der Waals surface area contributed by atoms with E-state index in [-0.39, 0.29) is 6.04 Å². The molecule has 1 aromatic heterocycles. The predicted molar refractivity (Wildman–Crippen MR) is 86.9 cm³/mol. The molecule has 3 N–H and O–H groups in total. The van der Waals surface area contributed by atoms with Crippen molar-refractivity contribution in [1.82, 2.24) is 5.32 Å². The van der Waals surface area contributed by atoms with Gasteiger partial charge in [0.2, 0.25) is 0 Å². The summed E-state index contributed by atoms with van der Waals surface area (Å²) in [6.45, 7) is 7.81. The molecule has 2 rings (SSSR count). The number of rotatable bonds is 4. The largest absolute Gasteiger partial charge is 0.461 e. The number of nitrogens with one attached hydrogen (secondary N) is 1. The number of carbonyl (C=O) groups excluding carboxylic acids is 1. The van der Waals surface area contributed by atoms with Crippen LogP contribution in [-0.4, -0.2) is 24.3 Å². The average molecular weight is 304 g/mol. The van der Waals surface area contributed by atoms with Gasteiger partial charge in [0, 0.05) is 18.4 Å². The van der Waals surface area contributed by atoms with Crippen LogP contribution in [0.3, 0.4) is 0 Å². The third kappa shape index (κ3) is 4.01. The molecule has 0 fully saturated rings. The molecule has 0 saturated carbocycles. The van der Waals surface area contributed by atoms with Gasteiger partial charge in [-0.15, -0.1) is 0 Å². The maximum absolute atomic E-state index is 11.9. The van der Waals surface area contributed by atoms with Gasteiger partial charge in [0.05, 0.1) is 6.04 Å². The maximum atomic E-state index is 11.9. The van der Waals surface area contributed by atoms with Gasteiger partial charge in [-0.25, -0.2) is 4.79 Å². The van der Waals surface area contributed by atoms with Crippen LogP contribution in [0.2, 0.25) is 0 Å². The van der Waals surface area contributed by atoms with Crippen molar-refractivity contribution in [3.8, 4) is 0 Å². The molecule has 0 aliphatic carbocycles. The number of hydrogen-bond donors (Lipinski definition) is 2. The molecule has 1 atom stereocenters. The molecule has 0 spiro atoms. The molecule has 22 heavy (non-hydrogen) atoms. The molecule has 2 aromatic rings. The zero-order valence-electron chi connectivity index (χ0n) is 13.6. The smallest absolute Gasteiger partial charge is 0.407 e. The number of aryl methyl sites for hydroxylation is 1. The van der Waals surface area contributed by atoms with Crippen molar-refractivity contribution in [2.45, 2.75) is 45.8 Å². The molecule has 1 aromatic carbocycles. The van der Waals surface area contributed by atoms with Crippen molar-refractivity contribution in [2.75, 3.05) is 6.54 Å². The number of furan rings is 1. The molecule has 0 aliphatic heterocycles. The lowest BCUT2D eigenvalue weighted by molar-refractivity contribution is 0.0505. The van der Waals surface area contributed by atoms with Gasteiger partial charge in [-0.1, -0.05) is 18.2 Å². The molecule has 0 radical (unpaired) electrons. The van der Waals surface area contributed by atoms with Crippen LogP contribution in [-0.2, 0) is 11.2 Å². The number of ether oxygens (including phenoxy) is 1. The Morgan fingerprint density at radius 1 is 1.36 bits per heavy atom. The van der Waals surface area contributed by atoms with Gasteiger partial charge >= 0.3 is 6.09 Å². The highest BCUT2D eigenvalue weighted by atomic mass is 16.6. The molecule has 1 unspecified atom stereocenters. The first-order valence-corrected chi connectivity index (χ1v) is 7.46. The number of para-hydroxylation sites is 1. The Balaban J connectivity index is 2.09. The molecular formula is C17H24N2O3. The van der Waals surface area contributed by atoms with Crippen LogP contribution < -0.4 is 11.1 Å². The fourth-order valence-corrected chi connectivity index (χ4v) is 2.31. The Morgan fingerprint density at radius 3 is 2.64 bits per heavy atom. The van der Waals surface area contributed by atoms with Crippen LogP contribution >= 0.6 is 0 Å². The highest BCUT2D eigenvalue weighted by Gasteiger charge is 2.21. The molecular weight excluding hydrogens is 280 g/mol. The number of alkyl carbamates (subject to hydrolysis) is 1. The van der Waals surface area contributed by atoms with E-state index in [1.165, 1.54) is 0 Å². The van der Waals surface area contributed by atoms with E-state index in [0.717, 1.165) is 22.3 Å². The quantitative estimate of drug-likeness (QED) is 0.909. The topological polar surface area (TPSA) is 77.5 Å². The fourth-order valence-electron chi connectivity index (χ4n) is 2.31. The molecule has 5 nitrogen and oxygen atoms in total. The molecule has 0 aliphatic rings. The molecule has 0 bridgehead atoms. The van der Waals surface area contributed by atoms with E-state index in [1.807, 2.05) is 52.0 Å². The van der Waals surface area contributed by atoms with Crippen LogP contribution in [0.4, 0.5) is 4.79 Å². The monoisotopic (exact) mass is 304 g/mol. The van der Waals surface area contributed by atoms with Crippen molar-refractivity contribution in [2.24, 2.45) is 5.73 Å². The SMILES string of the molecule is Cc1c(CC(CN)NC(=O)OC(C)(C)C)oc2ccccc12. The second-order valence-corrected chi connectivity index (χ2v) is 6.43. The van der Waals surface area contributed by atoms with E-state index < -0.39 is 11.7 Å². The van der Waals surface area contributed by atoms with E-state index in [4.69, 9.17) is 14.9 Å². The first-order valence-electron chi connectivity index (χ1n) is 7.46. The Kier molecular flexibility index (Phi) is 4.76. The average Bonchev–Trinajstić information content (AvgIpc) is 2.73. The summed E-state index contributed by atoms with van der Waals surface area (Å²) in [7, 11) is 0. The number of carbonyl (C=O) groups is 1. The minimum atomic E-state index is -0.529. The summed E-state index contributed by atoms with van der Waals surface area (Å²) in [6.07, 6.45) is 0.0766. The minimum Gasteiger partial charge on any atom is -0.461 e. The Bertz CT molecular complexity index is 655. The summed E-state index contributed by atoms with van der Waals surface area (Å²) >= 11 is 0. The van der Waals surface area contributed by atoms with E-state index in [1.54, 1.807) is 0 Å². The highest BCUT2D eigenvalue weighted by Crippen LogP contribution is 2.25. The van der Waals surface area contributed by atoms with Gasteiger partial charge in [-0.3, -0.25) is 0 Å². The number of nitrogens with two attached hydrogens (primary N) is 1. The minimum absolute atomic E-state index is 0.228. The number of benzene rings is 1. The van der Waals surface area contributed by atoms with Crippen molar-refractivity contribution in [1.29, 1.82) is 0 Å². The zero-order chi connectivity index (χ0) is 16.3. The highest BCUT2D eigenvalue weighted by molar-refractivity contribution is 5.81. The Morgan fingerprint density at radius 2 is 2.05 bits per heavy atom. The first kappa shape index (κ1) is 16.4. The maximum Gasteiger partial charge on any atom is 0.407 e. The van der Waals surface area contributed by atoms with Crippen LogP contribution in [0.25, 0.3) is 11.0 Å². The van der Waals surface area contributed by atoms with Crippen LogP contribution in [0.5, 0.6) is 0 Å². The lowest BCUT2D eigenvalue weighted by atomic mass is 10.1. The number of amides is 1. The van der Waals surface area contributed by atoms with E-state index in [0.29, 0.717) is 13.0 Å². The molecule has 0 saturated heterocycles. The van der Waals surface area contributed by atoms with Gasteiger partial charge in [0.1, 0.15) is 16.9 Å². The van der Waals surface area contributed by atoms with E-state index in [9.17, 15) is 4.79 Å². The van der Waals surface area contributed by atoms with E-state index in [2.05, 4.69) is 5.32 Å². The molecule has 1 amide bonds. The lowest BCUT2D eigenvalue weighted by Gasteiger charge is -2.22. The van der Waals surface area contributed by atoms with Crippen LogP contribution in [0.1, 0.15) is 32.1 Å². The lowest BCUT2D eigenvalue weighted by Crippen LogP contribution is -2.44. The predicted octanol–water partition coefficient (Wildman–Crippen LogP) is 3.14. The Labute approximate surface area is 130 Å². The molecule has 120 valence electrons. The van der Waals surface area contributed by atoms with Gasteiger partial charge in [-0.2, -0.15) is 0 Å². The van der Waals surface area contributed by atoms with Crippen molar-refractivity contribution in [3.05, 3.63) is 35.6 Å². The number of fused-ring (bicyclic) bond motifs is 1. The van der Waals surface area contributed by atoms with Crippen molar-refractivity contribution < 1.29 is 13.9 Å². The fraction of sp³-hybridized carbons (Fsp3) is 0.471. The normalized spacial score (nSPS) is 13.1. The molecule has 1 heterocycles. The van der Waals surface area contributed by atoms with E-state index >= 15 is 0 Å². The summed E-state index contributed by atoms with van der Waals surface area (Å²) < 4.78 is 11.1. The summed E-state index contributed by atoms with van der Waals surface area (Å²) in [4.78, 5) is 11.9. The summed E-state index contributed by atoms with van der Waals surface area (Å²) in [5, 5.41) is 3.89. The van der Waals surface area contributed by atoms with Crippen LogP contribution in [0.15, 0.2) is 28.7 Å². The number of hydrogen-bond acceptors (Lipinski definition) is 4. The first-order chi connectivity index (χ1) is 10.3. The second-order valence-electron chi connectivity index (χ2n) is 6.43.